The van der Waals surface area contributed by atoms with Gasteiger partial charge in [0.15, 0.2) is 5.78 Å². The van der Waals surface area contributed by atoms with Gasteiger partial charge in [-0.05, 0) is 61.8 Å². The number of hydrogen-bond donors (Lipinski definition) is 2. The Balaban J connectivity index is 1.58. The molecule has 2 N–H and O–H groups in total. The third-order valence-corrected chi connectivity index (χ3v) is 9.13. The fourth-order valence-corrected chi connectivity index (χ4v) is 7.06. The average Bonchev–Trinajstić information content (AvgIpc) is 3.51. The second-order valence-corrected chi connectivity index (χ2v) is 12.9. The molecule has 1 saturated heterocycles. The lowest BCUT2D eigenvalue weighted by Gasteiger charge is -2.37. The highest BCUT2D eigenvalue weighted by Gasteiger charge is 2.52. The van der Waals surface area contributed by atoms with Gasteiger partial charge in [0.1, 0.15) is 12.1 Å². The van der Waals surface area contributed by atoms with Crippen molar-refractivity contribution in [2.45, 2.75) is 97.6 Å². The Morgan fingerprint density at radius 3 is 2.42 bits per heavy atom. The molecule has 1 aromatic rings. The Kier molecular flexibility index (Phi) is 9.52. The zero-order valence-corrected chi connectivity index (χ0v) is 24.4. The molecule has 0 radical (unpaired) electrons. The van der Waals surface area contributed by atoms with Gasteiger partial charge in [0.25, 0.3) is 0 Å². The van der Waals surface area contributed by atoms with Crippen LogP contribution >= 0.6 is 0 Å². The van der Waals surface area contributed by atoms with E-state index < -0.39 is 23.4 Å². The number of ether oxygens (including phenoxy) is 1. The number of nitrogens with zero attached hydrogens (tertiary/aromatic N) is 1. The number of nitrogens with one attached hydrogen (secondary N) is 2. The molecule has 0 unspecified atom stereocenters. The van der Waals surface area contributed by atoms with Crippen molar-refractivity contribution in [3.05, 3.63) is 34.2 Å². The second-order valence-electron chi connectivity index (χ2n) is 12.9. The number of likely N-dealkylation sites (tertiary alicyclic amines) is 1. The Labute approximate surface area is 236 Å². The topological polar surface area (TPSA) is 126 Å². The first-order valence-corrected chi connectivity index (χ1v) is 15.0. The summed E-state index contributed by atoms with van der Waals surface area (Å²) in [6, 6.07) is 2.93. The van der Waals surface area contributed by atoms with Crippen LogP contribution in [0.5, 0.6) is 0 Å². The predicted octanol–water partition coefficient (Wildman–Crippen LogP) is 3.87. The highest BCUT2D eigenvalue weighted by molar-refractivity contribution is 5.98. The summed E-state index contributed by atoms with van der Waals surface area (Å²) in [5, 5.41) is 3.05. The van der Waals surface area contributed by atoms with Crippen LogP contribution in [0.25, 0.3) is 0 Å². The number of carbonyl (C=O) groups excluding carboxylic acids is 4. The number of hydrogen-bond acceptors (Lipinski definition) is 6. The van der Waals surface area contributed by atoms with Crippen LogP contribution in [-0.2, 0) is 19.1 Å². The van der Waals surface area contributed by atoms with Crippen molar-refractivity contribution in [3.8, 4) is 0 Å². The molecule has 40 heavy (non-hydrogen) atoms. The quantitative estimate of drug-likeness (QED) is 0.352. The van der Waals surface area contributed by atoms with Gasteiger partial charge in [-0.1, -0.05) is 52.5 Å². The summed E-state index contributed by atoms with van der Waals surface area (Å²) in [5.41, 5.74) is -0.810. The van der Waals surface area contributed by atoms with Gasteiger partial charge in [-0.15, -0.1) is 0 Å². The van der Waals surface area contributed by atoms with Crippen LogP contribution in [0.4, 0.5) is 0 Å². The van der Waals surface area contributed by atoms with Gasteiger partial charge >= 0.3 is 5.97 Å². The van der Waals surface area contributed by atoms with E-state index in [9.17, 15) is 24.0 Å². The van der Waals surface area contributed by atoms with Crippen molar-refractivity contribution in [3.63, 3.8) is 0 Å². The fourth-order valence-electron chi connectivity index (χ4n) is 7.06. The van der Waals surface area contributed by atoms with Gasteiger partial charge in [-0.2, -0.15) is 0 Å². The van der Waals surface area contributed by atoms with Crippen LogP contribution in [0.3, 0.4) is 0 Å². The van der Waals surface area contributed by atoms with Crippen LogP contribution in [0.2, 0.25) is 0 Å². The van der Waals surface area contributed by atoms with E-state index in [0.717, 1.165) is 51.4 Å². The molecule has 220 valence electrons. The number of esters is 1. The highest BCUT2D eigenvalue weighted by Crippen LogP contribution is 2.43. The van der Waals surface area contributed by atoms with Crippen LogP contribution in [0.15, 0.2) is 23.0 Å². The van der Waals surface area contributed by atoms with E-state index in [2.05, 4.69) is 10.3 Å². The zero-order chi connectivity index (χ0) is 29.0. The zero-order valence-electron chi connectivity index (χ0n) is 24.4. The number of amides is 2. The molecule has 2 saturated carbocycles. The molecule has 2 aliphatic carbocycles. The molecular weight excluding hydrogens is 510 g/mol. The smallest absolute Gasteiger partial charge is 0.329 e. The summed E-state index contributed by atoms with van der Waals surface area (Å²) in [6.45, 7) is 8.21. The van der Waals surface area contributed by atoms with Crippen LogP contribution < -0.4 is 10.9 Å². The van der Waals surface area contributed by atoms with E-state index in [4.69, 9.17) is 4.74 Å². The van der Waals surface area contributed by atoms with Crippen molar-refractivity contribution >= 4 is 23.6 Å². The molecule has 0 spiro atoms. The van der Waals surface area contributed by atoms with Gasteiger partial charge in [-0.3, -0.25) is 19.2 Å². The van der Waals surface area contributed by atoms with Gasteiger partial charge < -0.3 is 19.9 Å². The van der Waals surface area contributed by atoms with E-state index in [1.165, 1.54) is 12.1 Å². The van der Waals surface area contributed by atoms with Crippen molar-refractivity contribution in [1.82, 2.24) is 15.2 Å². The minimum atomic E-state index is -0.867. The monoisotopic (exact) mass is 555 g/mol. The van der Waals surface area contributed by atoms with Crippen molar-refractivity contribution in [1.29, 1.82) is 0 Å². The Bertz CT molecular complexity index is 1150. The first-order valence-electron chi connectivity index (χ1n) is 15.0. The number of aromatic nitrogens is 1. The maximum Gasteiger partial charge on any atom is 0.329 e. The molecule has 2 amide bonds. The molecule has 1 aromatic heterocycles. The molecule has 5 atom stereocenters. The molecule has 3 aliphatic rings. The molecule has 2 heterocycles. The molecule has 1 aliphatic heterocycles. The summed E-state index contributed by atoms with van der Waals surface area (Å²) in [4.78, 5) is 70.4. The summed E-state index contributed by atoms with van der Waals surface area (Å²) in [7, 11) is 0. The molecular formula is C31H45N3O6. The highest BCUT2D eigenvalue weighted by atomic mass is 16.5. The lowest BCUT2D eigenvalue weighted by molar-refractivity contribution is -0.156. The van der Waals surface area contributed by atoms with Gasteiger partial charge in [-0.25, -0.2) is 4.79 Å². The van der Waals surface area contributed by atoms with Crippen LogP contribution in [0, 0.1) is 29.1 Å². The maximum absolute atomic E-state index is 14.2. The van der Waals surface area contributed by atoms with E-state index in [-0.39, 0.29) is 65.6 Å². The molecule has 9 heteroatoms. The van der Waals surface area contributed by atoms with Gasteiger partial charge in [0.05, 0.1) is 12.3 Å². The maximum atomic E-state index is 14.2. The second kappa shape index (κ2) is 12.7. The number of Topliss-reactive ketones (excluding diaryl/α,β-unsaturated/α-hetero) is 1. The fraction of sp³-hybridized carbons (Fsp3) is 0.710. The van der Waals surface area contributed by atoms with E-state index in [1.54, 1.807) is 17.9 Å². The lowest BCUT2D eigenvalue weighted by atomic mass is 9.76. The number of fused-ring (bicyclic) bond motifs is 1. The number of rotatable bonds is 9. The molecule has 0 aromatic carbocycles. The molecule has 0 bridgehead atoms. The average molecular weight is 556 g/mol. The predicted molar refractivity (Wildman–Crippen MR) is 150 cm³/mol. The van der Waals surface area contributed by atoms with Gasteiger partial charge in [0, 0.05) is 24.9 Å². The minimum absolute atomic E-state index is 0.0160. The SMILES string of the molecule is CCOC(=O)[C@@H]1[C@H]2CCC[C@H]2CN1C(=O)[C@@H](NC(=O)[C@@H](CC(=O)c1cccc(=O)[nH]1)C1CCCCC1)C(C)(C)C. The van der Waals surface area contributed by atoms with E-state index >= 15 is 0 Å². The Morgan fingerprint density at radius 2 is 1.77 bits per heavy atom. The van der Waals surface area contributed by atoms with Gasteiger partial charge in [0.2, 0.25) is 17.4 Å². The standard InChI is InChI=1S/C31H45N3O6/c1-5-40-30(39)26-21-14-9-13-20(21)18-34(26)29(38)27(31(2,3)4)33-28(37)22(19-11-7-6-8-12-19)17-24(35)23-15-10-16-25(36)32-23/h10,15-16,19-22,26-27H,5-9,11-14,17-18H2,1-4H3,(H,32,36)(H,33,37)/t20-,21-,22-,26-,27+/m0/s1. The number of aromatic amines is 1. The molecule has 3 fully saturated rings. The summed E-state index contributed by atoms with van der Waals surface area (Å²) in [6.07, 6.45) is 7.62. The Hall–Kier alpha value is -2.97. The number of H-pyrrole nitrogens is 1. The summed E-state index contributed by atoms with van der Waals surface area (Å²) >= 11 is 0. The van der Waals surface area contributed by atoms with E-state index in [1.807, 2.05) is 20.8 Å². The first kappa shape index (κ1) is 30.0. The largest absolute Gasteiger partial charge is 0.464 e. The minimum Gasteiger partial charge on any atom is -0.464 e. The first-order chi connectivity index (χ1) is 19.0. The third kappa shape index (κ3) is 6.66. The van der Waals surface area contributed by atoms with Crippen LogP contribution in [-0.4, -0.2) is 58.7 Å². The van der Waals surface area contributed by atoms with Crippen molar-refractivity contribution < 1.29 is 23.9 Å². The molecule has 9 nitrogen and oxygen atoms in total. The summed E-state index contributed by atoms with van der Waals surface area (Å²) in [5.74, 6) is -1.51. The third-order valence-electron chi connectivity index (χ3n) is 9.13. The van der Waals surface area contributed by atoms with Crippen LogP contribution in [0.1, 0.15) is 96.0 Å². The van der Waals surface area contributed by atoms with Crippen molar-refractivity contribution in [2.75, 3.05) is 13.2 Å². The number of pyridine rings is 1. The van der Waals surface area contributed by atoms with E-state index in [0.29, 0.717) is 6.54 Å². The number of carbonyl (C=O) groups is 4. The number of ketones is 1. The summed E-state index contributed by atoms with van der Waals surface area (Å²) < 4.78 is 5.39. The Morgan fingerprint density at radius 1 is 1.05 bits per heavy atom. The lowest BCUT2D eigenvalue weighted by Crippen LogP contribution is -2.58. The normalized spacial score (nSPS) is 24.7. The van der Waals surface area contributed by atoms with Crippen molar-refractivity contribution in [2.24, 2.45) is 29.1 Å². The molecule has 4 rings (SSSR count).